The molecule has 7 nitrogen and oxygen atoms in total. The molecule has 1 aliphatic carbocycles. The van der Waals surface area contributed by atoms with E-state index < -0.39 is 20.1 Å². The van der Waals surface area contributed by atoms with Gasteiger partial charge in [-0.15, -0.1) is 0 Å². The van der Waals surface area contributed by atoms with Crippen LogP contribution in [0.25, 0.3) is 0 Å². The van der Waals surface area contributed by atoms with E-state index in [4.69, 9.17) is 4.18 Å². The Balaban J connectivity index is 1.68. The highest BCUT2D eigenvalue weighted by Gasteiger charge is 2.34. The predicted octanol–water partition coefficient (Wildman–Crippen LogP) is -0.682. The molecule has 1 aliphatic heterocycles. The number of sulfonamides is 1. The number of hydrogen-bond donors (Lipinski definition) is 0. The lowest BCUT2D eigenvalue weighted by atomic mass is 9.82. The summed E-state index contributed by atoms with van der Waals surface area (Å²) in [5, 5.41) is 0. The van der Waals surface area contributed by atoms with Crippen molar-refractivity contribution in [2.75, 3.05) is 45.2 Å². The average molecular weight is 326 g/mol. The lowest BCUT2D eigenvalue weighted by Crippen LogP contribution is -2.51. The molecule has 0 spiro atoms. The van der Waals surface area contributed by atoms with Crippen LogP contribution >= 0.6 is 0 Å². The molecule has 20 heavy (non-hydrogen) atoms. The van der Waals surface area contributed by atoms with E-state index in [1.807, 2.05) is 0 Å². The molecule has 0 aromatic heterocycles. The van der Waals surface area contributed by atoms with Crippen LogP contribution in [0.4, 0.5) is 0 Å². The molecule has 0 radical (unpaired) electrons. The molecule has 0 atom stereocenters. The van der Waals surface area contributed by atoms with Crippen molar-refractivity contribution in [1.82, 2.24) is 9.21 Å². The highest BCUT2D eigenvalue weighted by molar-refractivity contribution is 7.88. The molecule has 0 amide bonds. The highest BCUT2D eigenvalue weighted by Crippen LogP contribution is 2.32. The van der Waals surface area contributed by atoms with Gasteiger partial charge in [-0.1, -0.05) is 0 Å². The van der Waals surface area contributed by atoms with Crippen molar-refractivity contribution in [2.45, 2.75) is 18.9 Å². The highest BCUT2D eigenvalue weighted by atomic mass is 32.2. The SMILES string of the molecule is CS(=O)(=O)OC1CC(CN2CCN(S(C)(=O)=O)CC2)C1. The van der Waals surface area contributed by atoms with Crippen molar-refractivity contribution in [3.8, 4) is 0 Å². The number of nitrogens with zero attached hydrogens (tertiary/aromatic N) is 2. The zero-order chi connectivity index (χ0) is 15.0. The monoisotopic (exact) mass is 326 g/mol. The van der Waals surface area contributed by atoms with Crippen LogP contribution in [0.2, 0.25) is 0 Å². The summed E-state index contributed by atoms with van der Waals surface area (Å²) in [6, 6.07) is 0. The maximum Gasteiger partial charge on any atom is 0.264 e. The summed E-state index contributed by atoms with van der Waals surface area (Å²) in [6.07, 6.45) is 3.66. The van der Waals surface area contributed by atoms with Crippen molar-refractivity contribution in [3.05, 3.63) is 0 Å². The molecule has 2 fully saturated rings. The molecule has 0 unspecified atom stereocenters. The second-order valence-electron chi connectivity index (χ2n) is 5.72. The number of hydrogen-bond acceptors (Lipinski definition) is 6. The van der Waals surface area contributed by atoms with Gasteiger partial charge in [0.1, 0.15) is 0 Å². The Morgan fingerprint density at radius 3 is 2.00 bits per heavy atom. The molecule has 0 N–H and O–H groups in total. The van der Waals surface area contributed by atoms with Gasteiger partial charge in [0.25, 0.3) is 10.1 Å². The maximum atomic E-state index is 11.4. The van der Waals surface area contributed by atoms with Gasteiger partial charge in [0.2, 0.25) is 10.0 Å². The molecule has 9 heteroatoms. The molecule has 2 rings (SSSR count). The second kappa shape index (κ2) is 5.88. The lowest BCUT2D eigenvalue weighted by molar-refractivity contribution is 0.0415. The van der Waals surface area contributed by atoms with E-state index in [0.29, 0.717) is 19.0 Å². The molecule has 2 aliphatic rings. The van der Waals surface area contributed by atoms with Crippen molar-refractivity contribution < 1.29 is 21.0 Å². The summed E-state index contributed by atoms with van der Waals surface area (Å²) in [5.41, 5.74) is 0. The lowest BCUT2D eigenvalue weighted by Gasteiger charge is -2.40. The summed E-state index contributed by atoms with van der Waals surface area (Å²) < 4.78 is 51.1. The minimum atomic E-state index is -3.35. The number of piperazine rings is 1. The molecule has 118 valence electrons. The van der Waals surface area contributed by atoms with Crippen LogP contribution in [0.15, 0.2) is 0 Å². The molecule has 1 saturated heterocycles. The summed E-state index contributed by atoms with van der Waals surface area (Å²) in [6.45, 7) is 3.44. The molecule has 0 aromatic rings. The van der Waals surface area contributed by atoms with Crippen molar-refractivity contribution >= 4 is 20.1 Å². The Morgan fingerprint density at radius 1 is 1.00 bits per heavy atom. The van der Waals surface area contributed by atoms with Gasteiger partial charge in [-0.3, -0.25) is 4.18 Å². The van der Waals surface area contributed by atoms with E-state index in [2.05, 4.69) is 4.90 Å². The largest absolute Gasteiger partial charge is 0.300 e. The van der Waals surface area contributed by atoms with Gasteiger partial charge in [0.05, 0.1) is 18.6 Å². The van der Waals surface area contributed by atoms with Gasteiger partial charge < -0.3 is 4.90 Å². The standard InChI is InChI=1S/C11H22N2O5S2/c1-19(14,15)13-5-3-12(4-6-13)9-10-7-11(8-10)18-20(2,16)17/h10-11H,3-9H2,1-2H3. The molecular formula is C11H22N2O5S2. The van der Waals surface area contributed by atoms with Gasteiger partial charge in [-0.2, -0.15) is 12.7 Å². The van der Waals surface area contributed by atoms with Gasteiger partial charge >= 0.3 is 0 Å². The Kier molecular flexibility index (Phi) is 4.75. The first kappa shape index (κ1) is 16.2. The third kappa shape index (κ3) is 4.66. The fourth-order valence-corrected chi connectivity index (χ4v) is 4.24. The van der Waals surface area contributed by atoms with Crippen LogP contribution in [-0.2, 0) is 24.3 Å². The minimum Gasteiger partial charge on any atom is -0.300 e. The summed E-state index contributed by atoms with van der Waals surface area (Å²) in [5.74, 6) is 0.450. The first-order valence-electron chi connectivity index (χ1n) is 6.69. The van der Waals surface area contributed by atoms with Crippen LogP contribution in [-0.4, -0.2) is 77.4 Å². The van der Waals surface area contributed by atoms with Gasteiger partial charge in [0.15, 0.2) is 0 Å². The van der Waals surface area contributed by atoms with Crippen molar-refractivity contribution in [1.29, 1.82) is 0 Å². The van der Waals surface area contributed by atoms with Crippen LogP contribution in [0.1, 0.15) is 12.8 Å². The van der Waals surface area contributed by atoms with E-state index in [1.54, 1.807) is 0 Å². The van der Waals surface area contributed by atoms with Gasteiger partial charge in [-0.25, -0.2) is 8.42 Å². The first-order valence-corrected chi connectivity index (χ1v) is 10.4. The zero-order valence-electron chi connectivity index (χ0n) is 11.9. The Bertz CT molecular complexity index is 531. The quantitative estimate of drug-likeness (QED) is 0.622. The van der Waals surface area contributed by atoms with Crippen LogP contribution in [0, 0.1) is 5.92 Å². The molecular weight excluding hydrogens is 304 g/mol. The molecule has 1 heterocycles. The summed E-state index contributed by atoms with van der Waals surface area (Å²) in [7, 11) is -6.43. The molecule has 1 saturated carbocycles. The van der Waals surface area contributed by atoms with E-state index in [0.717, 1.165) is 38.7 Å². The van der Waals surface area contributed by atoms with Crippen LogP contribution in [0.5, 0.6) is 0 Å². The second-order valence-corrected chi connectivity index (χ2v) is 9.31. The topological polar surface area (TPSA) is 84.0 Å². The maximum absolute atomic E-state index is 11.4. The summed E-state index contributed by atoms with van der Waals surface area (Å²) in [4.78, 5) is 2.24. The van der Waals surface area contributed by atoms with E-state index in [-0.39, 0.29) is 6.10 Å². The van der Waals surface area contributed by atoms with E-state index in [1.165, 1.54) is 10.6 Å². The zero-order valence-corrected chi connectivity index (χ0v) is 13.5. The van der Waals surface area contributed by atoms with Crippen molar-refractivity contribution in [2.24, 2.45) is 5.92 Å². The van der Waals surface area contributed by atoms with Crippen LogP contribution in [0.3, 0.4) is 0 Å². The smallest absolute Gasteiger partial charge is 0.264 e. The Hall–Kier alpha value is -0.220. The predicted molar refractivity (Wildman–Crippen MR) is 75.3 cm³/mol. The van der Waals surface area contributed by atoms with Crippen molar-refractivity contribution in [3.63, 3.8) is 0 Å². The third-order valence-electron chi connectivity index (χ3n) is 3.82. The fraction of sp³-hybridized carbons (Fsp3) is 1.00. The Morgan fingerprint density at radius 2 is 1.55 bits per heavy atom. The number of rotatable bonds is 5. The summed E-state index contributed by atoms with van der Waals surface area (Å²) >= 11 is 0. The Labute approximate surface area is 121 Å². The van der Waals surface area contributed by atoms with E-state index >= 15 is 0 Å². The van der Waals surface area contributed by atoms with Gasteiger partial charge in [0, 0.05) is 32.7 Å². The normalized spacial score (nSPS) is 30.1. The first-order chi connectivity index (χ1) is 9.13. The third-order valence-corrected chi connectivity index (χ3v) is 5.74. The molecule has 0 bridgehead atoms. The minimum absolute atomic E-state index is 0.174. The van der Waals surface area contributed by atoms with Gasteiger partial charge in [-0.05, 0) is 18.8 Å². The van der Waals surface area contributed by atoms with E-state index in [9.17, 15) is 16.8 Å². The fourth-order valence-electron chi connectivity index (χ4n) is 2.76. The average Bonchev–Trinajstić information content (AvgIpc) is 2.24. The molecule has 0 aromatic carbocycles. The van der Waals surface area contributed by atoms with Crippen LogP contribution < -0.4 is 0 Å².